The Hall–Kier alpha value is -2.30. The molecule has 1 heterocycles. The van der Waals surface area contributed by atoms with E-state index in [4.69, 9.17) is 0 Å². The van der Waals surface area contributed by atoms with Gasteiger partial charge in [0.05, 0.1) is 9.79 Å². The summed E-state index contributed by atoms with van der Waals surface area (Å²) in [5.74, 6) is 0. The molecule has 0 atom stereocenters. The first kappa shape index (κ1) is 17.5. The molecule has 10 heteroatoms. The van der Waals surface area contributed by atoms with Crippen LogP contribution in [-0.4, -0.2) is 44.8 Å². The highest BCUT2D eigenvalue weighted by Gasteiger charge is 2.22. The van der Waals surface area contributed by atoms with Gasteiger partial charge in [-0.25, -0.2) is 21.5 Å². The third kappa shape index (κ3) is 3.55. The lowest BCUT2D eigenvalue weighted by Crippen LogP contribution is -2.26. The van der Waals surface area contributed by atoms with Crippen LogP contribution in [0.15, 0.2) is 56.9 Å². The van der Waals surface area contributed by atoms with Gasteiger partial charge in [0.1, 0.15) is 11.0 Å². The number of hydrogen-bond acceptors (Lipinski definition) is 7. The molecule has 0 amide bonds. The van der Waals surface area contributed by atoms with Crippen LogP contribution in [0.5, 0.6) is 0 Å². The minimum Gasteiger partial charge on any atom is -0.243 e. The number of sulfonamides is 1. The summed E-state index contributed by atoms with van der Waals surface area (Å²) in [6.07, 6.45) is 1.03. The van der Waals surface area contributed by atoms with Crippen LogP contribution in [0.3, 0.4) is 0 Å². The molecule has 2 aromatic carbocycles. The van der Waals surface area contributed by atoms with E-state index in [2.05, 4.69) is 14.9 Å². The van der Waals surface area contributed by atoms with Crippen molar-refractivity contribution in [3.05, 3.63) is 48.0 Å². The molecule has 3 rings (SSSR count). The smallest absolute Gasteiger partial charge is 0.243 e. The van der Waals surface area contributed by atoms with Gasteiger partial charge in [0, 0.05) is 19.8 Å². The Morgan fingerprint density at radius 2 is 1.64 bits per heavy atom. The van der Waals surface area contributed by atoms with Gasteiger partial charge in [-0.05, 0) is 46.2 Å². The number of aromatic nitrogens is 2. The van der Waals surface area contributed by atoms with Gasteiger partial charge in [-0.15, -0.1) is 0 Å². The highest BCUT2D eigenvalue weighted by molar-refractivity contribution is 7.91. The van der Waals surface area contributed by atoms with E-state index in [1.807, 2.05) is 0 Å². The van der Waals surface area contributed by atoms with Crippen LogP contribution < -0.4 is 0 Å². The number of rotatable bonds is 5. The quantitative estimate of drug-likeness (QED) is 0.657. The molecule has 0 N–H and O–H groups in total. The van der Waals surface area contributed by atoms with Gasteiger partial charge in [0.2, 0.25) is 10.0 Å². The van der Waals surface area contributed by atoms with Gasteiger partial charge in [-0.1, -0.05) is 12.1 Å². The molecular weight excluding hydrogens is 366 g/mol. The summed E-state index contributed by atoms with van der Waals surface area (Å²) in [5, 5.41) is 7.42. The summed E-state index contributed by atoms with van der Waals surface area (Å²) in [5.41, 5.74) is 1.81. The van der Waals surface area contributed by atoms with Crippen molar-refractivity contribution < 1.29 is 21.5 Å². The van der Waals surface area contributed by atoms with Crippen molar-refractivity contribution in [1.82, 2.24) is 14.6 Å². The van der Waals surface area contributed by atoms with Crippen LogP contribution in [-0.2, 0) is 26.4 Å². The summed E-state index contributed by atoms with van der Waals surface area (Å²) in [7, 11) is -5.92. The molecule has 8 nitrogen and oxygen atoms in total. The van der Waals surface area contributed by atoms with Crippen LogP contribution in [0.25, 0.3) is 11.0 Å². The SMILES string of the molecule is CN(Cc1ccc2nonc2c1)S(=O)(=O)c1cccc(S(C)(=O)=O)c1. The molecule has 0 unspecified atom stereocenters. The van der Waals surface area contributed by atoms with Crippen molar-refractivity contribution in [2.24, 2.45) is 0 Å². The molecule has 132 valence electrons. The van der Waals surface area contributed by atoms with E-state index in [1.54, 1.807) is 18.2 Å². The Bertz CT molecular complexity index is 1140. The number of benzene rings is 2. The number of fused-ring (bicyclic) bond motifs is 1. The molecule has 3 aromatic rings. The highest BCUT2D eigenvalue weighted by atomic mass is 32.2. The second kappa shape index (κ2) is 6.21. The third-order valence-electron chi connectivity index (χ3n) is 3.67. The molecule has 0 bridgehead atoms. The Morgan fingerprint density at radius 3 is 2.36 bits per heavy atom. The topological polar surface area (TPSA) is 110 Å². The van der Waals surface area contributed by atoms with Gasteiger partial charge in [0.15, 0.2) is 9.84 Å². The summed E-state index contributed by atoms with van der Waals surface area (Å²) >= 11 is 0. The second-order valence-corrected chi connectivity index (χ2v) is 9.66. The summed E-state index contributed by atoms with van der Waals surface area (Å²) < 4.78 is 54.5. The largest absolute Gasteiger partial charge is 0.243 e. The van der Waals surface area contributed by atoms with Crippen LogP contribution in [0, 0.1) is 0 Å². The molecule has 25 heavy (non-hydrogen) atoms. The lowest BCUT2D eigenvalue weighted by molar-refractivity contribution is 0.315. The molecule has 0 saturated heterocycles. The fraction of sp³-hybridized carbons (Fsp3) is 0.200. The Labute approximate surface area is 145 Å². The van der Waals surface area contributed by atoms with Crippen LogP contribution in [0.4, 0.5) is 0 Å². The summed E-state index contributed by atoms with van der Waals surface area (Å²) in [6, 6.07) is 10.4. The molecule has 0 aliphatic rings. The molecule has 0 spiro atoms. The maximum atomic E-state index is 12.7. The first-order chi connectivity index (χ1) is 11.7. The standard InChI is InChI=1S/C15H15N3O5S2/c1-18(10-11-6-7-14-15(8-11)17-23-16-14)25(21,22)13-5-3-4-12(9-13)24(2,19)20/h3-9H,10H2,1-2H3. The Balaban J connectivity index is 1.91. The van der Waals surface area contributed by atoms with E-state index >= 15 is 0 Å². The number of nitrogens with zero attached hydrogens (tertiary/aromatic N) is 3. The minimum atomic E-state index is -3.85. The van der Waals surface area contributed by atoms with Crippen LogP contribution in [0.2, 0.25) is 0 Å². The van der Waals surface area contributed by atoms with Crippen molar-refractivity contribution in [2.45, 2.75) is 16.3 Å². The highest BCUT2D eigenvalue weighted by Crippen LogP contribution is 2.21. The predicted molar refractivity (Wildman–Crippen MR) is 90.0 cm³/mol. The first-order valence-electron chi connectivity index (χ1n) is 7.15. The number of hydrogen-bond donors (Lipinski definition) is 0. The zero-order valence-corrected chi connectivity index (χ0v) is 15.1. The minimum absolute atomic E-state index is 0.0444. The molecule has 1 aromatic heterocycles. The average Bonchev–Trinajstić information content (AvgIpc) is 3.01. The van der Waals surface area contributed by atoms with E-state index in [-0.39, 0.29) is 16.3 Å². The Morgan fingerprint density at radius 1 is 0.960 bits per heavy atom. The molecular formula is C15H15N3O5S2. The normalized spacial score (nSPS) is 12.8. The van der Waals surface area contributed by atoms with Crippen molar-refractivity contribution in [1.29, 1.82) is 0 Å². The Kier molecular flexibility index (Phi) is 4.35. The van der Waals surface area contributed by atoms with Gasteiger partial charge in [-0.3, -0.25) is 0 Å². The van der Waals surface area contributed by atoms with Crippen molar-refractivity contribution in [2.75, 3.05) is 13.3 Å². The average molecular weight is 381 g/mol. The molecule has 0 saturated carbocycles. The van der Waals surface area contributed by atoms with E-state index in [0.29, 0.717) is 16.6 Å². The molecule has 0 aliphatic heterocycles. The maximum absolute atomic E-state index is 12.7. The summed E-state index contributed by atoms with van der Waals surface area (Å²) in [6.45, 7) is 0.0915. The van der Waals surface area contributed by atoms with Crippen LogP contribution in [0.1, 0.15) is 5.56 Å². The van der Waals surface area contributed by atoms with Gasteiger partial charge in [-0.2, -0.15) is 4.31 Å². The van der Waals surface area contributed by atoms with Crippen molar-refractivity contribution >= 4 is 30.9 Å². The fourth-order valence-electron chi connectivity index (χ4n) is 2.31. The lowest BCUT2D eigenvalue weighted by Gasteiger charge is -2.17. The zero-order valence-electron chi connectivity index (χ0n) is 13.4. The fourth-order valence-corrected chi connectivity index (χ4v) is 4.26. The van der Waals surface area contributed by atoms with Crippen molar-refractivity contribution in [3.8, 4) is 0 Å². The van der Waals surface area contributed by atoms with E-state index in [1.165, 1.54) is 25.2 Å². The molecule has 0 fully saturated rings. The van der Waals surface area contributed by atoms with E-state index in [9.17, 15) is 16.8 Å². The third-order valence-corrected chi connectivity index (χ3v) is 6.57. The van der Waals surface area contributed by atoms with Crippen LogP contribution >= 0.6 is 0 Å². The number of sulfone groups is 1. The lowest BCUT2D eigenvalue weighted by atomic mass is 10.2. The first-order valence-corrected chi connectivity index (χ1v) is 10.5. The summed E-state index contributed by atoms with van der Waals surface area (Å²) in [4.78, 5) is -0.126. The van der Waals surface area contributed by atoms with Gasteiger partial charge < -0.3 is 0 Å². The second-order valence-electron chi connectivity index (χ2n) is 5.60. The zero-order chi connectivity index (χ0) is 18.2. The monoisotopic (exact) mass is 381 g/mol. The van der Waals surface area contributed by atoms with E-state index < -0.39 is 19.9 Å². The molecule has 0 radical (unpaired) electrons. The maximum Gasteiger partial charge on any atom is 0.243 e. The van der Waals surface area contributed by atoms with E-state index in [0.717, 1.165) is 16.6 Å². The van der Waals surface area contributed by atoms with Gasteiger partial charge in [0.25, 0.3) is 0 Å². The van der Waals surface area contributed by atoms with Crippen molar-refractivity contribution in [3.63, 3.8) is 0 Å². The molecule has 0 aliphatic carbocycles. The predicted octanol–water partition coefficient (Wildman–Crippen LogP) is 1.45. The van der Waals surface area contributed by atoms with Gasteiger partial charge >= 0.3 is 0 Å².